The summed E-state index contributed by atoms with van der Waals surface area (Å²) in [5.41, 5.74) is -0.595. The number of piperidine rings is 1. The Balaban J connectivity index is 1.60. The molecule has 8 heteroatoms. The van der Waals surface area contributed by atoms with Gasteiger partial charge in [0, 0.05) is 36.0 Å². The number of alkyl halides is 3. The Morgan fingerprint density at radius 3 is 2.59 bits per heavy atom. The summed E-state index contributed by atoms with van der Waals surface area (Å²) < 4.78 is 38.3. The van der Waals surface area contributed by atoms with Crippen molar-refractivity contribution in [2.45, 2.75) is 31.2 Å². The highest BCUT2D eigenvalue weighted by Crippen LogP contribution is 2.38. The molecule has 120 valence electrons. The van der Waals surface area contributed by atoms with Gasteiger partial charge in [-0.05, 0) is 24.3 Å². The molecule has 0 aromatic carbocycles. The van der Waals surface area contributed by atoms with Crippen molar-refractivity contribution in [1.29, 1.82) is 0 Å². The van der Waals surface area contributed by atoms with Crippen LogP contribution >= 0.6 is 22.7 Å². The maximum absolute atomic E-state index is 12.8. The van der Waals surface area contributed by atoms with E-state index in [0.717, 1.165) is 16.3 Å². The predicted molar refractivity (Wildman–Crippen MR) is 80.9 cm³/mol. The van der Waals surface area contributed by atoms with E-state index in [0.29, 0.717) is 6.54 Å². The smallest absolute Gasteiger partial charge is 0.380 e. The van der Waals surface area contributed by atoms with Gasteiger partial charge in [-0.25, -0.2) is 4.98 Å². The number of hydrogen-bond donors (Lipinski definition) is 1. The van der Waals surface area contributed by atoms with Gasteiger partial charge in [-0.15, -0.1) is 11.3 Å². The van der Waals surface area contributed by atoms with E-state index in [1.165, 1.54) is 11.3 Å². The van der Waals surface area contributed by atoms with Gasteiger partial charge in [0.2, 0.25) is 0 Å². The van der Waals surface area contributed by atoms with Gasteiger partial charge in [-0.1, -0.05) is 0 Å². The van der Waals surface area contributed by atoms with Crippen molar-refractivity contribution in [3.8, 4) is 10.6 Å². The molecule has 3 rings (SSSR count). The van der Waals surface area contributed by atoms with Crippen LogP contribution in [0.4, 0.5) is 13.2 Å². The van der Waals surface area contributed by atoms with Gasteiger partial charge < -0.3 is 5.11 Å². The van der Waals surface area contributed by atoms with Gasteiger partial charge >= 0.3 is 6.18 Å². The Kier molecular flexibility index (Phi) is 4.28. The third-order valence-corrected chi connectivity index (χ3v) is 5.54. The highest BCUT2D eigenvalue weighted by Gasteiger charge is 2.54. The van der Waals surface area contributed by atoms with Gasteiger partial charge in [0.05, 0.1) is 5.69 Å². The van der Waals surface area contributed by atoms with E-state index >= 15 is 0 Å². The largest absolute Gasteiger partial charge is 0.417 e. The van der Waals surface area contributed by atoms with Gasteiger partial charge in [-0.3, -0.25) is 4.90 Å². The summed E-state index contributed by atoms with van der Waals surface area (Å²) in [6.07, 6.45) is -5.11. The van der Waals surface area contributed by atoms with Crippen LogP contribution in [0.5, 0.6) is 0 Å². The van der Waals surface area contributed by atoms with Crippen molar-refractivity contribution in [1.82, 2.24) is 9.88 Å². The molecular weight excluding hydrogens is 333 g/mol. The molecule has 1 fully saturated rings. The van der Waals surface area contributed by atoms with Crippen molar-refractivity contribution in [3.05, 3.63) is 27.9 Å². The van der Waals surface area contributed by atoms with Crippen LogP contribution in [-0.4, -0.2) is 39.9 Å². The zero-order chi connectivity index (χ0) is 15.8. The minimum atomic E-state index is -4.55. The highest BCUT2D eigenvalue weighted by molar-refractivity contribution is 7.14. The van der Waals surface area contributed by atoms with E-state index in [1.807, 2.05) is 27.1 Å². The lowest BCUT2D eigenvalue weighted by Gasteiger charge is -2.38. The maximum Gasteiger partial charge on any atom is 0.417 e. The second kappa shape index (κ2) is 5.92. The Bertz CT molecular complexity index is 616. The van der Waals surface area contributed by atoms with E-state index in [-0.39, 0.29) is 25.9 Å². The van der Waals surface area contributed by atoms with Crippen molar-refractivity contribution in [2.24, 2.45) is 0 Å². The average Bonchev–Trinajstić information content (AvgIpc) is 3.11. The molecule has 0 amide bonds. The fourth-order valence-electron chi connectivity index (χ4n) is 2.49. The third kappa shape index (κ3) is 3.19. The molecule has 0 saturated carbocycles. The lowest BCUT2D eigenvalue weighted by atomic mass is 9.91. The molecule has 0 atom stereocenters. The molecule has 3 heterocycles. The van der Waals surface area contributed by atoms with Crippen LogP contribution in [0, 0.1) is 0 Å². The van der Waals surface area contributed by atoms with Gasteiger partial charge in [-0.2, -0.15) is 24.5 Å². The number of hydrogen-bond acceptors (Lipinski definition) is 5. The van der Waals surface area contributed by atoms with E-state index in [9.17, 15) is 18.3 Å². The number of likely N-dealkylation sites (tertiary alicyclic amines) is 1. The predicted octanol–water partition coefficient (Wildman–Crippen LogP) is 3.76. The first kappa shape index (κ1) is 15.9. The first-order valence-corrected chi connectivity index (χ1v) is 8.68. The third-order valence-electron chi connectivity index (χ3n) is 3.92. The van der Waals surface area contributed by atoms with Crippen LogP contribution in [0.1, 0.15) is 18.5 Å². The summed E-state index contributed by atoms with van der Waals surface area (Å²) in [6, 6.07) is 2.00. The fraction of sp³-hybridized carbons (Fsp3) is 0.500. The standard InChI is InChI=1S/C14H15F3N2OS2/c15-14(16,17)13(20)2-4-19(5-3-13)7-11-9-22-12(18-11)10-1-6-21-8-10/h1,6,8-9,20H,2-5,7H2. The SMILES string of the molecule is OC1(C(F)(F)F)CCN(Cc2csc(-c3ccsc3)n2)CC1. The summed E-state index contributed by atoms with van der Waals surface area (Å²) in [5, 5.41) is 16.5. The molecule has 2 aromatic heterocycles. The molecule has 1 saturated heterocycles. The van der Waals surface area contributed by atoms with Crippen molar-refractivity contribution in [3.63, 3.8) is 0 Å². The van der Waals surface area contributed by atoms with E-state index in [1.54, 1.807) is 11.3 Å². The minimum Gasteiger partial charge on any atom is -0.380 e. The summed E-state index contributed by atoms with van der Waals surface area (Å²) in [7, 11) is 0. The molecule has 1 N–H and O–H groups in total. The monoisotopic (exact) mass is 348 g/mol. The number of aromatic nitrogens is 1. The highest BCUT2D eigenvalue weighted by atomic mass is 32.1. The van der Waals surface area contributed by atoms with Crippen LogP contribution in [0.2, 0.25) is 0 Å². The molecule has 0 unspecified atom stereocenters. The molecule has 0 radical (unpaired) electrons. The normalized spacial score (nSPS) is 19.5. The van der Waals surface area contributed by atoms with Crippen molar-refractivity contribution in [2.75, 3.05) is 13.1 Å². The van der Waals surface area contributed by atoms with Gasteiger partial charge in [0.25, 0.3) is 0 Å². The van der Waals surface area contributed by atoms with Crippen LogP contribution in [0.25, 0.3) is 10.6 Å². The molecule has 1 aliphatic heterocycles. The summed E-state index contributed by atoms with van der Waals surface area (Å²) >= 11 is 3.14. The first-order valence-electron chi connectivity index (χ1n) is 6.86. The quantitative estimate of drug-likeness (QED) is 0.917. The topological polar surface area (TPSA) is 36.4 Å². The molecule has 0 aliphatic carbocycles. The summed E-state index contributed by atoms with van der Waals surface area (Å²) in [5.74, 6) is 0. The van der Waals surface area contributed by atoms with Crippen LogP contribution in [0.15, 0.2) is 22.2 Å². The number of nitrogens with zero attached hydrogens (tertiary/aromatic N) is 2. The second-order valence-electron chi connectivity index (χ2n) is 5.46. The molecular formula is C14H15F3N2OS2. The Morgan fingerprint density at radius 1 is 1.27 bits per heavy atom. The fourth-order valence-corrected chi connectivity index (χ4v) is 4.02. The zero-order valence-corrected chi connectivity index (χ0v) is 13.3. The van der Waals surface area contributed by atoms with Crippen LogP contribution in [0.3, 0.4) is 0 Å². The lowest BCUT2D eigenvalue weighted by molar-refractivity contribution is -0.272. The molecule has 3 nitrogen and oxygen atoms in total. The Hall–Kier alpha value is -0.960. The molecule has 22 heavy (non-hydrogen) atoms. The number of thiazole rings is 1. The molecule has 0 spiro atoms. The molecule has 0 bridgehead atoms. The molecule has 2 aromatic rings. The molecule has 1 aliphatic rings. The van der Waals surface area contributed by atoms with E-state index in [4.69, 9.17) is 0 Å². The van der Waals surface area contributed by atoms with Gasteiger partial charge in [0.15, 0.2) is 5.60 Å². The summed E-state index contributed by atoms with van der Waals surface area (Å²) in [4.78, 5) is 6.44. The lowest BCUT2D eigenvalue weighted by Crippen LogP contribution is -2.53. The van der Waals surface area contributed by atoms with Crippen LogP contribution in [-0.2, 0) is 6.54 Å². The Morgan fingerprint density at radius 2 is 2.00 bits per heavy atom. The number of aliphatic hydroxyl groups is 1. The maximum atomic E-state index is 12.8. The second-order valence-corrected chi connectivity index (χ2v) is 7.10. The average molecular weight is 348 g/mol. The number of rotatable bonds is 3. The number of thiophene rings is 1. The van der Waals surface area contributed by atoms with Crippen molar-refractivity contribution < 1.29 is 18.3 Å². The number of halogens is 3. The van der Waals surface area contributed by atoms with E-state index in [2.05, 4.69) is 4.98 Å². The minimum absolute atomic E-state index is 0.224. The van der Waals surface area contributed by atoms with Gasteiger partial charge in [0.1, 0.15) is 5.01 Å². The zero-order valence-electron chi connectivity index (χ0n) is 11.6. The first-order chi connectivity index (χ1) is 10.4. The summed E-state index contributed by atoms with van der Waals surface area (Å²) in [6.45, 7) is 0.969. The van der Waals surface area contributed by atoms with E-state index < -0.39 is 11.8 Å². The Labute approximate surface area is 134 Å². The van der Waals surface area contributed by atoms with Crippen LogP contribution < -0.4 is 0 Å². The van der Waals surface area contributed by atoms with Crippen molar-refractivity contribution >= 4 is 22.7 Å².